The lowest BCUT2D eigenvalue weighted by molar-refractivity contribution is -0.129. The minimum absolute atomic E-state index is 0.0523. The quantitative estimate of drug-likeness (QED) is 0.454. The highest BCUT2D eigenvalue weighted by atomic mass is 127. The molecule has 1 fully saturated rings. The number of carbonyl (C=O) groups excluding carboxylic acids is 1. The van der Waals surface area contributed by atoms with E-state index in [9.17, 15) is 4.79 Å². The van der Waals surface area contributed by atoms with Crippen LogP contribution in [-0.4, -0.2) is 16.9 Å². The topological polar surface area (TPSA) is 29.1 Å². The van der Waals surface area contributed by atoms with E-state index < -0.39 is 0 Å². The number of unbranched alkanes of at least 4 members (excludes halogenated alkanes) is 2. The molecule has 2 nitrogen and oxygen atoms in total. The van der Waals surface area contributed by atoms with Crippen LogP contribution in [0.4, 0.5) is 0 Å². The van der Waals surface area contributed by atoms with E-state index >= 15 is 0 Å². The fourth-order valence-corrected chi connectivity index (χ4v) is 2.73. The summed E-state index contributed by atoms with van der Waals surface area (Å²) in [5, 5.41) is 3.08. The molecule has 0 aliphatic heterocycles. The maximum atomic E-state index is 11.9. The predicted octanol–water partition coefficient (Wildman–Crippen LogP) is 3.29. The molecule has 1 N–H and O–H groups in total. The smallest absolute Gasteiger partial charge is 0.225 e. The Morgan fingerprint density at radius 3 is 2.53 bits per heavy atom. The first kappa shape index (κ1) is 13.3. The second-order valence-corrected chi connectivity index (χ2v) is 5.85. The molecular weight excluding hydrogens is 301 g/mol. The molecule has 88 valence electrons. The van der Waals surface area contributed by atoms with Gasteiger partial charge in [-0.2, -0.15) is 0 Å². The maximum absolute atomic E-state index is 11.9. The molecule has 0 atom stereocenters. The van der Waals surface area contributed by atoms with Gasteiger partial charge in [-0.25, -0.2) is 0 Å². The van der Waals surface area contributed by atoms with Gasteiger partial charge in [0.25, 0.3) is 0 Å². The molecule has 15 heavy (non-hydrogen) atoms. The fourth-order valence-electron chi connectivity index (χ4n) is 2.19. The molecule has 1 aliphatic carbocycles. The molecule has 1 rings (SSSR count). The van der Waals surface area contributed by atoms with Crippen molar-refractivity contribution in [2.45, 2.75) is 51.9 Å². The van der Waals surface area contributed by atoms with Gasteiger partial charge in [0.1, 0.15) is 0 Å². The number of hydrogen-bond donors (Lipinski definition) is 1. The normalized spacial score (nSPS) is 19.1. The first-order valence-electron chi connectivity index (χ1n) is 6.03. The van der Waals surface area contributed by atoms with Crippen molar-refractivity contribution in [1.82, 2.24) is 5.32 Å². The van der Waals surface area contributed by atoms with E-state index in [0.717, 1.165) is 25.8 Å². The van der Waals surface area contributed by atoms with Gasteiger partial charge < -0.3 is 5.32 Å². The van der Waals surface area contributed by atoms with Crippen LogP contribution < -0.4 is 5.32 Å². The number of carbonyl (C=O) groups is 1. The van der Waals surface area contributed by atoms with Crippen molar-refractivity contribution in [2.75, 3.05) is 11.0 Å². The summed E-state index contributed by atoms with van der Waals surface area (Å²) in [7, 11) is 0. The average Bonchev–Trinajstić information content (AvgIpc) is 2.66. The van der Waals surface area contributed by atoms with Gasteiger partial charge in [0.15, 0.2) is 0 Å². The van der Waals surface area contributed by atoms with Crippen LogP contribution in [0.5, 0.6) is 0 Å². The molecule has 0 aromatic heterocycles. The number of hydrogen-bond acceptors (Lipinski definition) is 1. The van der Waals surface area contributed by atoms with Crippen LogP contribution in [0, 0.1) is 5.41 Å². The molecule has 0 bridgehead atoms. The Bertz CT molecular complexity index is 200. The van der Waals surface area contributed by atoms with E-state index in [-0.39, 0.29) is 11.3 Å². The lowest BCUT2D eigenvalue weighted by Crippen LogP contribution is -2.37. The highest BCUT2D eigenvalue weighted by Crippen LogP contribution is 2.37. The van der Waals surface area contributed by atoms with Crippen molar-refractivity contribution < 1.29 is 4.79 Å². The Balaban J connectivity index is 2.12. The Kier molecular flexibility index (Phi) is 5.94. The van der Waals surface area contributed by atoms with Gasteiger partial charge in [-0.1, -0.05) is 48.8 Å². The molecule has 0 spiro atoms. The Morgan fingerprint density at radius 1 is 1.27 bits per heavy atom. The third-order valence-electron chi connectivity index (χ3n) is 3.35. The SMILES string of the molecule is CC1(C(=O)NCCCCCI)CCCC1. The minimum atomic E-state index is -0.0523. The summed E-state index contributed by atoms with van der Waals surface area (Å²) in [6.07, 6.45) is 8.23. The molecule has 1 saturated carbocycles. The summed E-state index contributed by atoms with van der Waals surface area (Å²) in [5.74, 6) is 0.287. The highest BCUT2D eigenvalue weighted by molar-refractivity contribution is 14.1. The van der Waals surface area contributed by atoms with Gasteiger partial charge in [-0.05, 0) is 30.1 Å². The van der Waals surface area contributed by atoms with Crippen molar-refractivity contribution in [1.29, 1.82) is 0 Å². The number of rotatable bonds is 6. The molecule has 3 heteroatoms. The Hall–Kier alpha value is 0.200. The van der Waals surface area contributed by atoms with Crippen molar-refractivity contribution in [2.24, 2.45) is 5.41 Å². The molecule has 0 aromatic rings. The first-order valence-corrected chi connectivity index (χ1v) is 7.56. The Morgan fingerprint density at radius 2 is 1.93 bits per heavy atom. The zero-order valence-corrected chi connectivity index (χ0v) is 11.8. The zero-order valence-electron chi connectivity index (χ0n) is 9.65. The number of alkyl halides is 1. The van der Waals surface area contributed by atoms with E-state index in [0.29, 0.717) is 0 Å². The fraction of sp³-hybridized carbons (Fsp3) is 0.917. The third-order valence-corrected chi connectivity index (χ3v) is 4.11. The van der Waals surface area contributed by atoms with Gasteiger partial charge in [0.05, 0.1) is 0 Å². The molecule has 0 radical (unpaired) electrons. The van der Waals surface area contributed by atoms with E-state index in [2.05, 4.69) is 34.8 Å². The molecule has 0 unspecified atom stereocenters. The van der Waals surface area contributed by atoms with Gasteiger partial charge in [-0.3, -0.25) is 4.79 Å². The zero-order chi connectivity index (χ0) is 11.1. The van der Waals surface area contributed by atoms with Crippen LogP contribution >= 0.6 is 22.6 Å². The van der Waals surface area contributed by atoms with Crippen LogP contribution in [-0.2, 0) is 4.79 Å². The number of halogens is 1. The molecule has 0 saturated heterocycles. The van der Waals surface area contributed by atoms with Crippen molar-refractivity contribution in [3.63, 3.8) is 0 Å². The standard InChI is InChI=1S/C12H22INO/c1-12(7-3-4-8-12)11(15)14-10-6-2-5-9-13/h2-10H2,1H3,(H,14,15). The lowest BCUT2D eigenvalue weighted by Gasteiger charge is -2.22. The molecule has 0 aromatic carbocycles. The summed E-state index contributed by atoms with van der Waals surface area (Å²) in [6, 6.07) is 0. The van der Waals surface area contributed by atoms with E-state index in [1.807, 2.05) is 0 Å². The second-order valence-electron chi connectivity index (χ2n) is 4.77. The largest absolute Gasteiger partial charge is 0.356 e. The number of amides is 1. The lowest BCUT2D eigenvalue weighted by atomic mass is 9.88. The third kappa shape index (κ3) is 4.29. The summed E-state index contributed by atoms with van der Waals surface area (Å²) in [6.45, 7) is 2.98. The Labute approximate surface area is 107 Å². The van der Waals surface area contributed by atoms with Crippen LogP contribution in [0.3, 0.4) is 0 Å². The van der Waals surface area contributed by atoms with E-state index in [4.69, 9.17) is 0 Å². The van der Waals surface area contributed by atoms with Crippen molar-refractivity contribution >= 4 is 28.5 Å². The van der Waals surface area contributed by atoms with Gasteiger partial charge >= 0.3 is 0 Å². The van der Waals surface area contributed by atoms with Gasteiger partial charge in [-0.15, -0.1) is 0 Å². The van der Waals surface area contributed by atoms with Crippen LogP contribution in [0.1, 0.15) is 51.9 Å². The average molecular weight is 323 g/mol. The van der Waals surface area contributed by atoms with Crippen LogP contribution in [0.25, 0.3) is 0 Å². The summed E-state index contributed by atoms with van der Waals surface area (Å²) in [4.78, 5) is 11.9. The minimum Gasteiger partial charge on any atom is -0.356 e. The van der Waals surface area contributed by atoms with Crippen molar-refractivity contribution in [3.8, 4) is 0 Å². The monoisotopic (exact) mass is 323 g/mol. The van der Waals surface area contributed by atoms with Crippen LogP contribution in [0.2, 0.25) is 0 Å². The summed E-state index contributed by atoms with van der Waals surface area (Å²) >= 11 is 2.40. The molecule has 1 amide bonds. The van der Waals surface area contributed by atoms with Gasteiger partial charge in [0, 0.05) is 12.0 Å². The van der Waals surface area contributed by atoms with Crippen LogP contribution in [0.15, 0.2) is 0 Å². The van der Waals surface area contributed by atoms with E-state index in [1.165, 1.54) is 30.1 Å². The molecule has 1 aliphatic rings. The number of nitrogens with one attached hydrogen (secondary N) is 1. The molecule has 0 heterocycles. The summed E-state index contributed by atoms with van der Waals surface area (Å²) < 4.78 is 1.23. The highest BCUT2D eigenvalue weighted by Gasteiger charge is 2.35. The van der Waals surface area contributed by atoms with Gasteiger partial charge in [0.2, 0.25) is 5.91 Å². The maximum Gasteiger partial charge on any atom is 0.225 e. The van der Waals surface area contributed by atoms with E-state index in [1.54, 1.807) is 0 Å². The first-order chi connectivity index (χ1) is 7.19. The summed E-state index contributed by atoms with van der Waals surface area (Å²) in [5.41, 5.74) is -0.0523. The molecular formula is C12H22INO. The van der Waals surface area contributed by atoms with Crippen molar-refractivity contribution in [3.05, 3.63) is 0 Å². The predicted molar refractivity (Wildman–Crippen MR) is 72.3 cm³/mol. The second kappa shape index (κ2) is 6.71.